The molecule has 0 bridgehead atoms. The summed E-state index contributed by atoms with van der Waals surface area (Å²) < 4.78 is 53.5. The van der Waals surface area contributed by atoms with Crippen molar-refractivity contribution in [1.82, 2.24) is 20.0 Å². The molecule has 2 heterocycles. The molecular formula is C28H34Cl2F4N4O. The Morgan fingerprint density at radius 2 is 1.79 bits per heavy atom. The third kappa shape index (κ3) is 7.51. The highest BCUT2D eigenvalue weighted by atomic mass is 35.5. The number of nitrogens with one attached hydrogen (secondary N) is 1. The maximum atomic E-state index is 14.3. The summed E-state index contributed by atoms with van der Waals surface area (Å²) in [6.45, 7) is 6.78. The van der Waals surface area contributed by atoms with Crippen LogP contribution >= 0.6 is 23.2 Å². The zero-order valence-electron chi connectivity index (χ0n) is 22.1. The predicted molar refractivity (Wildman–Crippen MR) is 146 cm³/mol. The predicted octanol–water partition coefficient (Wildman–Crippen LogP) is 5.65. The van der Waals surface area contributed by atoms with Gasteiger partial charge in [0, 0.05) is 64.2 Å². The van der Waals surface area contributed by atoms with Gasteiger partial charge >= 0.3 is 6.18 Å². The van der Waals surface area contributed by atoms with Crippen LogP contribution in [0.3, 0.4) is 0 Å². The second kappa shape index (κ2) is 12.8. The molecule has 2 aliphatic rings. The number of benzene rings is 2. The topological polar surface area (TPSA) is 38.8 Å². The molecule has 2 aromatic carbocycles. The van der Waals surface area contributed by atoms with Crippen LogP contribution in [0.2, 0.25) is 10.0 Å². The summed E-state index contributed by atoms with van der Waals surface area (Å²) in [4.78, 5) is 18.8. The van der Waals surface area contributed by atoms with Crippen molar-refractivity contribution >= 4 is 29.0 Å². The second-order valence-corrected chi connectivity index (χ2v) is 11.4. The molecule has 2 aliphatic heterocycles. The summed E-state index contributed by atoms with van der Waals surface area (Å²) >= 11 is 12.6. The Balaban J connectivity index is 1.61. The number of carbonyl (C=O) groups excluding carboxylic acids is 1. The first-order valence-corrected chi connectivity index (χ1v) is 13.9. The monoisotopic (exact) mass is 588 g/mol. The Morgan fingerprint density at radius 1 is 1.08 bits per heavy atom. The van der Waals surface area contributed by atoms with Gasteiger partial charge in [0.2, 0.25) is 0 Å². The Hall–Kier alpha value is -1.75. The molecule has 39 heavy (non-hydrogen) atoms. The van der Waals surface area contributed by atoms with Gasteiger partial charge in [0.25, 0.3) is 0 Å². The number of hydrogen-bond acceptors (Lipinski definition) is 5. The van der Waals surface area contributed by atoms with Gasteiger partial charge in [0.05, 0.1) is 21.8 Å². The number of ketones is 1. The molecule has 214 valence electrons. The van der Waals surface area contributed by atoms with Gasteiger partial charge in [-0.15, -0.1) is 0 Å². The summed E-state index contributed by atoms with van der Waals surface area (Å²) in [5.74, 6) is -1.11. The number of Topliss-reactive ketones (excluding diaryl/α,β-unsaturated/α-hetero) is 1. The zero-order chi connectivity index (χ0) is 28.3. The molecule has 0 amide bonds. The van der Waals surface area contributed by atoms with Crippen LogP contribution in [0.15, 0.2) is 36.4 Å². The van der Waals surface area contributed by atoms with Crippen molar-refractivity contribution in [1.29, 1.82) is 0 Å². The number of likely N-dealkylation sites (tertiary alicyclic amines) is 1. The molecule has 1 N–H and O–H groups in total. The van der Waals surface area contributed by atoms with E-state index in [0.717, 1.165) is 43.9 Å². The number of hydrogen-bond donors (Lipinski definition) is 1. The van der Waals surface area contributed by atoms with E-state index in [1.165, 1.54) is 6.07 Å². The lowest BCUT2D eigenvalue weighted by atomic mass is 9.93. The van der Waals surface area contributed by atoms with Crippen LogP contribution in [0.25, 0.3) is 0 Å². The van der Waals surface area contributed by atoms with E-state index in [2.05, 4.69) is 20.0 Å². The summed E-state index contributed by atoms with van der Waals surface area (Å²) in [6.07, 6.45) is -3.47. The summed E-state index contributed by atoms with van der Waals surface area (Å²) in [6, 6.07) is 8.67. The van der Waals surface area contributed by atoms with Crippen molar-refractivity contribution in [2.75, 3.05) is 46.3 Å². The molecule has 0 aliphatic carbocycles. The molecule has 2 saturated heterocycles. The van der Waals surface area contributed by atoms with E-state index in [9.17, 15) is 22.4 Å². The van der Waals surface area contributed by atoms with E-state index in [1.54, 1.807) is 13.0 Å². The Kier molecular flexibility index (Phi) is 9.94. The molecule has 2 aromatic rings. The van der Waals surface area contributed by atoms with Crippen LogP contribution in [-0.4, -0.2) is 79.0 Å². The molecule has 4 rings (SSSR count). The molecule has 0 aromatic heterocycles. The van der Waals surface area contributed by atoms with Gasteiger partial charge in [-0.05, 0) is 55.8 Å². The quantitative estimate of drug-likeness (QED) is 0.383. The summed E-state index contributed by atoms with van der Waals surface area (Å²) in [7, 11) is 1.91. The lowest BCUT2D eigenvalue weighted by Crippen LogP contribution is -2.55. The number of piperazine rings is 1. The summed E-state index contributed by atoms with van der Waals surface area (Å²) in [5.41, 5.74) is 0.205. The van der Waals surface area contributed by atoms with E-state index in [-0.39, 0.29) is 30.5 Å². The van der Waals surface area contributed by atoms with Crippen LogP contribution in [0.5, 0.6) is 0 Å². The third-order valence-electron chi connectivity index (χ3n) is 7.78. The standard InChI is InChI=1S/C28H34Cl2F4N4O/c1-18(39)3-8-27(37-11-9-35-10-12-37)38-16-21(20-5-7-23(29)24(30)14-20)26(17-38)36(2)15-19-4-6-22(25(31)13-19)28(32,33)34/h4-7,13-14,21,26-27,35H,3,8-12,15-17H2,1-2H3/t21-,26-,27?/m1/s1. The van der Waals surface area contributed by atoms with Gasteiger partial charge in [-0.25, -0.2) is 4.39 Å². The Bertz CT molecular complexity index is 1160. The van der Waals surface area contributed by atoms with Crippen LogP contribution in [0, 0.1) is 5.82 Å². The highest BCUT2D eigenvalue weighted by molar-refractivity contribution is 6.42. The molecule has 0 spiro atoms. The number of halogens is 6. The molecule has 2 fully saturated rings. The highest BCUT2D eigenvalue weighted by Gasteiger charge is 2.41. The van der Waals surface area contributed by atoms with Crippen LogP contribution < -0.4 is 5.32 Å². The zero-order valence-corrected chi connectivity index (χ0v) is 23.6. The van der Waals surface area contributed by atoms with Gasteiger partial charge in [-0.3, -0.25) is 14.7 Å². The lowest BCUT2D eigenvalue weighted by molar-refractivity contribution is -0.140. The van der Waals surface area contributed by atoms with E-state index >= 15 is 0 Å². The normalized spacial score (nSPS) is 22.0. The molecule has 0 saturated carbocycles. The summed E-state index contributed by atoms with van der Waals surface area (Å²) in [5, 5.41) is 4.29. The Morgan fingerprint density at radius 3 is 2.41 bits per heavy atom. The van der Waals surface area contributed by atoms with Crippen molar-refractivity contribution in [3.05, 3.63) is 69.0 Å². The number of alkyl halides is 3. The van der Waals surface area contributed by atoms with Crippen molar-refractivity contribution < 1.29 is 22.4 Å². The smallest absolute Gasteiger partial charge is 0.314 e. The SMILES string of the molecule is CC(=O)CCC(N1CCNCC1)N1C[C@H](c2ccc(Cl)c(Cl)c2)[C@H](N(C)Cc2ccc(C(F)(F)F)c(F)c2)C1. The van der Waals surface area contributed by atoms with Gasteiger partial charge < -0.3 is 10.1 Å². The molecule has 0 radical (unpaired) electrons. The van der Waals surface area contributed by atoms with E-state index < -0.39 is 17.6 Å². The maximum absolute atomic E-state index is 14.3. The second-order valence-electron chi connectivity index (χ2n) is 10.5. The fourth-order valence-electron chi connectivity index (χ4n) is 5.78. The van der Waals surface area contributed by atoms with Crippen LogP contribution in [-0.2, 0) is 17.5 Å². The fourth-order valence-corrected chi connectivity index (χ4v) is 6.08. The molecule has 1 unspecified atom stereocenters. The molecular weight excluding hydrogens is 555 g/mol. The first-order chi connectivity index (χ1) is 18.4. The van der Waals surface area contributed by atoms with Crippen molar-refractivity contribution in [3.8, 4) is 0 Å². The van der Waals surface area contributed by atoms with Gasteiger partial charge in [0.15, 0.2) is 0 Å². The highest BCUT2D eigenvalue weighted by Crippen LogP contribution is 2.37. The van der Waals surface area contributed by atoms with E-state index in [1.807, 2.05) is 19.2 Å². The van der Waals surface area contributed by atoms with Gasteiger partial charge in [-0.1, -0.05) is 35.3 Å². The minimum Gasteiger partial charge on any atom is -0.314 e. The number of carbonyl (C=O) groups is 1. The van der Waals surface area contributed by atoms with Gasteiger partial charge in [-0.2, -0.15) is 13.2 Å². The maximum Gasteiger partial charge on any atom is 0.419 e. The van der Waals surface area contributed by atoms with Crippen molar-refractivity contribution in [2.45, 2.75) is 50.6 Å². The van der Waals surface area contributed by atoms with Crippen LogP contribution in [0.4, 0.5) is 17.6 Å². The van der Waals surface area contributed by atoms with Crippen LogP contribution in [0.1, 0.15) is 42.4 Å². The first-order valence-electron chi connectivity index (χ1n) is 13.1. The first kappa shape index (κ1) is 30.2. The number of likely N-dealkylation sites (N-methyl/N-ethyl adjacent to an activating group) is 1. The number of nitrogens with zero attached hydrogens (tertiary/aromatic N) is 3. The minimum absolute atomic E-state index is 0.0202. The van der Waals surface area contributed by atoms with E-state index in [0.29, 0.717) is 41.5 Å². The average molecular weight is 590 g/mol. The third-order valence-corrected chi connectivity index (χ3v) is 8.51. The molecule has 11 heteroatoms. The number of rotatable bonds is 9. The molecule has 3 atom stereocenters. The van der Waals surface area contributed by atoms with Crippen molar-refractivity contribution in [2.24, 2.45) is 0 Å². The lowest BCUT2D eigenvalue weighted by Gasteiger charge is -2.40. The minimum atomic E-state index is -4.74. The van der Waals surface area contributed by atoms with Gasteiger partial charge in [0.1, 0.15) is 11.6 Å². The van der Waals surface area contributed by atoms with Crippen molar-refractivity contribution in [3.63, 3.8) is 0 Å². The largest absolute Gasteiger partial charge is 0.419 e. The average Bonchev–Trinajstić information content (AvgIpc) is 3.31. The Labute approximate surface area is 237 Å². The fraction of sp³-hybridized carbons (Fsp3) is 0.536. The van der Waals surface area contributed by atoms with E-state index in [4.69, 9.17) is 23.2 Å². The molecule has 5 nitrogen and oxygen atoms in total.